The molecule has 0 radical (unpaired) electrons. The molecule has 2 aromatic heterocycles. The number of nitrogens with zero attached hydrogens (tertiary/aromatic N) is 2. The molecule has 2 rings (SSSR count). The largest absolute Gasteiger partial charge is 0.293 e. The Morgan fingerprint density at radius 2 is 2.18 bits per heavy atom. The lowest BCUT2D eigenvalue weighted by atomic mass is 10.2. The highest BCUT2D eigenvalue weighted by Crippen LogP contribution is 2.25. The number of Topliss-reactive ketones (excluding diaryl/α,β-unsaturated/α-hetero) is 1. The summed E-state index contributed by atoms with van der Waals surface area (Å²) in [5.74, 6) is 1.38. The fourth-order valence-corrected chi connectivity index (χ4v) is 3.92. The third-order valence-electron chi connectivity index (χ3n) is 2.18. The van der Waals surface area contributed by atoms with Gasteiger partial charge in [-0.2, -0.15) is 4.37 Å². The van der Waals surface area contributed by atoms with E-state index in [1.165, 1.54) is 28.2 Å². The van der Waals surface area contributed by atoms with Crippen LogP contribution in [-0.4, -0.2) is 20.9 Å². The highest BCUT2D eigenvalue weighted by atomic mass is 32.2. The van der Waals surface area contributed by atoms with Gasteiger partial charge in [0.2, 0.25) is 0 Å². The van der Waals surface area contributed by atoms with Gasteiger partial charge in [0.05, 0.1) is 5.75 Å². The van der Waals surface area contributed by atoms with Crippen molar-refractivity contribution < 1.29 is 4.79 Å². The van der Waals surface area contributed by atoms with E-state index in [-0.39, 0.29) is 5.78 Å². The first kappa shape index (κ1) is 12.7. The molecule has 0 amide bonds. The summed E-state index contributed by atoms with van der Waals surface area (Å²) < 4.78 is 4.95. The highest BCUT2D eigenvalue weighted by molar-refractivity contribution is 8.01. The van der Waals surface area contributed by atoms with E-state index in [2.05, 4.69) is 9.36 Å². The minimum atomic E-state index is 0.171. The second-order valence-corrected chi connectivity index (χ2v) is 7.08. The normalized spacial score (nSPS) is 10.8. The Labute approximate surface area is 112 Å². The van der Waals surface area contributed by atoms with Gasteiger partial charge in [-0.05, 0) is 38.4 Å². The second kappa shape index (κ2) is 5.29. The zero-order valence-corrected chi connectivity index (χ0v) is 12.3. The molecule has 0 aliphatic rings. The van der Waals surface area contributed by atoms with Crippen molar-refractivity contribution in [2.24, 2.45) is 0 Å². The molecule has 0 fully saturated rings. The summed E-state index contributed by atoms with van der Waals surface area (Å²) in [6.45, 7) is 5.87. The van der Waals surface area contributed by atoms with Gasteiger partial charge >= 0.3 is 0 Å². The molecule has 0 aliphatic carbocycles. The molecule has 0 N–H and O–H groups in total. The molecule has 2 aromatic rings. The molecule has 17 heavy (non-hydrogen) atoms. The van der Waals surface area contributed by atoms with Gasteiger partial charge in [-0.25, -0.2) is 4.98 Å². The van der Waals surface area contributed by atoms with Gasteiger partial charge in [0.1, 0.15) is 5.82 Å². The zero-order valence-electron chi connectivity index (χ0n) is 9.81. The van der Waals surface area contributed by atoms with Crippen LogP contribution in [0.5, 0.6) is 0 Å². The molecule has 90 valence electrons. The number of thioether (sulfide) groups is 1. The maximum Gasteiger partial charge on any atom is 0.174 e. The Bertz CT molecular complexity index is 545. The van der Waals surface area contributed by atoms with Gasteiger partial charge in [0.15, 0.2) is 10.1 Å². The van der Waals surface area contributed by atoms with Gasteiger partial charge in [0, 0.05) is 15.3 Å². The third-order valence-corrected chi connectivity index (χ3v) is 5.07. The first-order valence-electron chi connectivity index (χ1n) is 5.09. The molecule has 0 saturated heterocycles. The molecule has 0 atom stereocenters. The smallest absolute Gasteiger partial charge is 0.174 e. The van der Waals surface area contributed by atoms with Crippen LogP contribution in [0.15, 0.2) is 10.4 Å². The predicted octanol–water partition coefficient (Wildman–Crippen LogP) is 3.50. The zero-order chi connectivity index (χ0) is 12.4. The Balaban J connectivity index is 2.00. The first-order valence-corrected chi connectivity index (χ1v) is 7.67. The molecule has 2 heterocycles. The number of hydrogen-bond acceptors (Lipinski definition) is 6. The molecule has 0 aliphatic heterocycles. The fraction of sp³-hybridized carbons (Fsp3) is 0.364. The number of carbonyl (C=O) groups is 1. The van der Waals surface area contributed by atoms with E-state index in [0.29, 0.717) is 5.75 Å². The molecular weight excluding hydrogens is 272 g/mol. The molecule has 0 saturated carbocycles. The van der Waals surface area contributed by atoms with E-state index in [1.54, 1.807) is 11.3 Å². The Morgan fingerprint density at radius 1 is 1.41 bits per heavy atom. The fourth-order valence-electron chi connectivity index (χ4n) is 1.45. The number of aryl methyl sites for hydroxylation is 3. The molecule has 6 heteroatoms. The average molecular weight is 284 g/mol. The van der Waals surface area contributed by atoms with Gasteiger partial charge in [-0.1, -0.05) is 11.8 Å². The van der Waals surface area contributed by atoms with Crippen LogP contribution in [0.4, 0.5) is 0 Å². The number of aromatic nitrogens is 2. The van der Waals surface area contributed by atoms with E-state index in [1.807, 2.05) is 26.8 Å². The molecule has 0 aromatic carbocycles. The molecule has 0 spiro atoms. The van der Waals surface area contributed by atoms with E-state index >= 15 is 0 Å². The van der Waals surface area contributed by atoms with Crippen LogP contribution in [0.2, 0.25) is 0 Å². The summed E-state index contributed by atoms with van der Waals surface area (Å²) in [5.41, 5.74) is 0.848. The van der Waals surface area contributed by atoms with Crippen LogP contribution >= 0.6 is 34.6 Å². The Hall–Kier alpha value is -0.720. The second-order valence-electron chi connectivity index (χ2n) is 3.65. The lowest BCUT2D eigenvalue weighted by molar-refractivity contribution is 0.102. The van der Waals surface area contributed by atoms with Crippen LogP contribution in [0, 0.1) is 20.8 Å². The summed E-state index contributed by atoms with van der Waals surface area (Å²) in [6.07, 6.45) is 0. The number of thiophene rings is 1. The van der Waals surface area contributed by atoms with Crippen LogP contribution in [0.3, 0.4) is 0 Å². The van der Waals surface area contributed by atoms with Crippen molar-refractivity contribution in [3.05, 3.63) is 27.2 Å². The van der Waals surface area contributed by atoms with E-state index in [0.717, 1.165) is 20.6 Å². The summed E-state index contributed by atoms with van der Waals surface area (Å²) in [6, 6.07) is 1.97. The minimum absolute atomic E-state index is 0.171. The van der Waals surface area contributed by atoms with Crippen LogP contribution in [0.1, 0.15) is 25.9 Å². The number of ketones is 1. The molecular formula is C11H12N2OS3. The van der Waals surface area contributed by atoms with Crippen molar-refractivity contribution in [2.75, 3.05) is 5.75 Å². The van der Waals surface area contributed by atoms with E-state index < -0.39 is 0 Å². The predicted molar refractivity (Wildman–Crippen MR) is 73.5 cm³/mol. The SMILES string of the molecule is Cc1nsc(SCC(=O)c2cc(C)sc2C)n1. The summed E-state index contributed by atoms with van der Waals surface area (Å²) >= 11 is 4.48. The van der Waals surface area contributed by atoms with Crippen molar-refractivity contribution in [2.45, 2.75) is 25.1 Å². The number of rotatable bonds is 4. The van der Waals surface area contributed by atoms with Crippen LogP contribution in [0.25, 0.3) is 0 Å². The van der Waals surface area contributed by atoms with Crippen molar-refractivity contribution in [1.82, 2.24) is 9.36 Å². The van der Waals surface area contributed by atoms with E-state index in [9.17, 15) is 4.79 Å². The molecule has 3 nitrogen and oxygen atoms in total. The summed E-state index contributed by atoms with van der Waals surface area (Å²) in [4.78, 5) is 18.5. The summed E-state index contributed by atoms with van der Waals surface area (Å²) in [7, 11) is 0. The van der Waals surface area contributed by atoms with Crippen LogP contribution in [-0.2, 0) is 0 Å². The summed E-state index contributed by atoms with van der Waals surface area (Å²) in [5, 5.41) is 0. The quantitative estimate of drug-likeness (QED) is 0.636. The van der Waals surface area contributed by atoms with Crippen molar-refractivity contribution in [1.29, 1.82) is 0 Å². The standard InChI is InChI=1S/C11H12N2OS3/c1-6-4-9(7(2)16-6)10(14)5-15-11-12-8(3)13-17-11/h4H,5H2,1-3H3. The number of carbonyl (C=O) groups excluding carboxylic acids is 1. The Kier molecular flexibility index (Phi) is 3.96. The number of hydrogen-bond donors (Lipinski definition) is 0. The van der Waals surface area contributed by atoms with E-state index in [4.69, 9.17) is 0 Å². The third kappa shape index (κ3) is 3.14. The topological polar surface area (TPSA) is 42.9 Å². The maximum atomic E-state index is 12.0. The highest BCUT2D eigenvalue weighted by Gasteiger charge is 2.13. The first-order chi connectivity index (χ1) is 8.06. The van der Waals surface area contributed by atoms with Gasteiger partial charge in [-0.3, -0.25) is 4.79 Å². The van der Waals surface area contributed by atoms with Gasteiger partial charge < -0.3 is 0 Å². The van der Waals surface area contributed by atoms with Crippen molar-refractivity contribution >= 4 is 40.4 Å². The van der Waals surface area contributed by atoms with Crippen molar-refractivity contribution in [3.8, 4) is 0 Å². The van der Waals surface area contributed by atoms with Gasteiger partial charge in [-0.15, -0.1) is 11.3 Å². The Morgan fingerprint density at radius 3 is 2.71 bits per heavy atom. The average Bonchev–Trinajstić information content (AvgIpc) is 2.81. The minimum Gasteiger partial charge on any atom is -0.293 e. The van der Waals surface area contributed by atoms with Crippen molar-refractivity contribution in [3.63, 3.8) is 0 Å². The maximum absolute atomic E-state index is 12.0. The monoisotopic (exact) mass is 284 g/mol. The molecule has 0 bridgehead atoms. The lowest BCUT2D eigenvalue weighted by Gasteiger charge is -1.97. The van der Waals surface area contributed by atoms with Gasteiger partial charge in [0.25, 0.3) is 0 Å². The molecule has 0 unspecified atom stereocenters. The van der Waals surface area contributed by atoms with Crippen LogP contribution < -0.4 is 0 Å². The lowest BCUT2D eigenvalue weighted by Crippen LogP contribution is -2.02.